The standard InChI is InChI=1S/C9H10FO4P/c1-13-15(12,14-2)9(11)7-3-5-8(10)6-4-7/h3-6H,1-2H3. The summed E-state index contributed by atoms with van der Waals surface area (Å²) >= 11 is 0. The lowest BCUT2D eigenvalue weighted by molar-refractivity contribution is 0.102. The fourth-order valence-corrected chi connectivity index (χ4v) is 1.94. The van der Waals surface area contributed by atoms with E-state index in [1.165, 1.54) is 12.1 Å². The smallest absolute Gasteiger partial charge is 0.306 e. The molecule has 82 valence electrons. The molecule has 0 fully saturated rings. The van der Waals surface area contributed by atoms with Gasteiger partial charge in [0.05, 0.1) is 0 Å². The first kappa shape index (κ1) is 12.0. The third-order valence-corrected chi connectivity index (χ3v) is 3.54. The predicted octanol–water partition coefficient (Wildman–Crippen LogP) is 2.45. The molecule has 0 unspecified atom stereocenters. The maximum Gasteiger partial charge on any atom is 0.401 e. The van der Waals surface area contributed by atoms with E-state index >= 15 is 0 Å². The van der Waals surface area contributed by atoms with Crippen LogP contribution in [0.3, 0.4) is 0 Å². The second kappa shape index (κ2) is 4.66. The third-order valence-electron chi connectivity index (χ3n) is 1.82. The van der Waals surface area contributed by atoms with Crippen LogP contribution in [0.2, 0.25) is 0 Å². The van der Waals surface area contributed by atoms with Crippen molar-refractivity contribution < 1.29 is 22.8 Å². The summed E-state index contributed by atoms with van der Waals surface area (Å²) in [6.07, 6.45) is 0. The molecule has 0 aliphatic carbocycles. The van der Waals surface area contributed by atoms with Gasteiger partial charge in [0.1, 0.15) is 5.82 Å². The van der Waals surface area contributed by atoms with Crippen molar-refractivity contribution in [3.8, 4) is 0 Å². The van der Waals surface area contributed by atoms with Crippen LogP contribution >= 0.6 is 7.60 Å². The lowest BCUT2D eigenvalue weighted by Gasteiger charge is -2.11. The second-order valence-electron chi connectivity index (χ2n) is 2.67. The summed E-state index contributed by atoms with van der Waals surface area (Å²) in [7, 11) is -1.54. The fourth-order valence-electron chi connectivity index (χ4n) is 0.991. The zero-order valence-corrected chi connectivity index (χ0v) is 9.16. The summed E-state index contributed by atoms with van der Waals surface area (Å²) in [6, 6.07) is 4.65. The van der Waals surface area contributed by atoms with E-state index in [-0.39, 0.29) is 5.56 Å². The van der Waals surface area contributed by atoms with Gasteiger partial charge >= 0.3 is 7.60 Å². The van der Waals surface area contributed by atoms with Crippen molar-refractivity contribution in [3.63, 3.8) is 0 Å². The Morgan fingerprint density at radius 2 is 1.67 bits per heavy atom. The molecule has 0 aromatic heterocycles. The zero-order chi connectivity index (χ0) is 11.5. The summed E-state index contributed by atoms with van der Waals surface area (Å²) in [5.41, 5.74) is -0.698. The normalized spacial score (nSPS) is 11.4. The van der Waals surface area contributed by atoms with Gasteiger partial charge in [-0.15, -0.1) is 0 Å². The molecule has 0 bridgehead atoms. The minimum atomic E-state index is -3.77. The van der Waals surface area contributed by atoms with Crippen LogP contribution in [0.25, 0.3) is 0 Å². The first-order valence-electron chi connectivity index (χ1n) is 4.05. The number of benzene rings is 1. The van der Waals surface area contributed by atoms with E-state index in [1.807, 2.05) is 0 Å². The van der Waals surface area contributed by atoms with Crippen LogP contribution in [0.1, 0.15) is 10.4 Å². The molecule has 0 radical (unpaired) electrons. The summed E-state index contributed by atoms with van der Waals surface area (Å²) in [6.45, 7) is 0. The van der Waals surface area contributed by atoms with Crippen molar-refractivity contribution in [2.45, 2.75) is 0 Å². The third kappa shape index (κ3) is 2.50. The van der Waals surface area contributed by atoms with Gasteiger partial charge in [0.25, 0.3) is 5.52 Å². The van der Waals surface area contributed by atoms with Crippen LogP contribution in [0, 0.1) is 5.82 Å². The molecule has 0 saturated carbocycles. The molecule has 0 heterocycles. The highest BCUT2D eigenvalue weighted by Crippen LogP contribution is 2.49. The van der Waals surface area contributed by atoms with Crippen molar-refractivity contribution in [1.82, 2.24) is 0 Å². The number of halogens is 1. The van der Waals surface area contributed by atoms with E-state index in [2.05, 4.69) is 9.05 Å². The molecule has 15 heavy (non-hydrogen) atoms. The lowest BCUT2D eigenvalue weighted by Crippen LogP contribution is -2.04. The Kier molecular flexibility index (Phi) is 3.74. The van der Waals surface area contributed by atoms with Crippen LogP contribution in [-0.2, 0) is 13.6 Å². The van der Waals surface area contributed by atoms with Crippen LogP contribution in [0.5, 0.6) is 0 Å². The number of hydrogen-bond donors (Lipinski definition) is 0. The minimum absolute atomic E-state index is 0.0865. The van der Waals surface area contributed by atoms with Gasteiger partial charge < -0.3 is 9.05 Å². The highest BCUT2D eigenvalue weighted by Gasteiger charge is 2.33. The molecule has 6 heteroatoms. The monoisotopic (exact) mass is 232 g/mol. The van der Waals surface area contributed by atoms with E-state index in [1.54, 1.807) is 0 Å². The summed E-state index contributed by atoms with van der Waals surface area (Å²) in [5, 5.41) is 0. The van der Waals surface area contributed by atoms with Crippen molar-refractivity contribution >= 4 is 13.1 Å². The number of carbonyl (C=O) groups is 1. The highest BCUT2D eigenvalue weighted by atomic mass is 31.2. The molecule has 0 amide bonds. The van der Waals surface area contributed by atoms with Gasteiger partial charge in [-0.2, -0.15) is 0 Å². The molecule has 1 aromatic rings. The van der Waals surface area contributed by atoms with Crippen molar-refractivity contribution in [2.24, 2.45) is 0 Å². The van der Waals surface area contributed by atoms with Gasteiger partial charge in [-0.3, -0.25) is 9.36 Å². The van der Waals surface area contributed by atoms with Crippen molar-refractivity contribution in [1.29, 1.82) is 0 Å². The first-order valence-corrected chi connectivity index (χ1v) is 5.59. The Morgan fingerprint density at radius 1 is 1.20 bits per heavy atom. The topological polar surface area (TPSA) is 52.6 Å². The van der Waals surface area contributed by atoms with Gasteiger partial charge in [-0.25, -0.2) is 4.39 Å². The summed E-state index contributed by atoms with van der Waals surface area (Å²) in [5.74, 6) is -0.476. The van der Waals surface area contributed by atoms with Crippen LogP contribution in [-0.4, -0.2) is 19.7 Å². The van der Waals surface area contributed by atoms with Crippen LogP contribution in [0.4, 0.5) is 4.39 Å². The van der Waals surface area contributed by atoms with Gasteiger partial charge in [-0.05, 0) is 24.3 Å². The molecular weight excluding hydrogens is 222 g/mol. The van der Waals surface area contributed by atoms with Gasteiger partial charge in [0.2, 0.25) is 0 Å². The number of rotatable bonds is 4. The lowest BCUT2D eigenvalue weighted by atomic mass is 10.2. The average Bonchev–Trinajstić information content (AvgIpc) is 2.28. The van der Waals surface area contributed by atoms with Gasteiger partial charge in [0, 0.05) is 19.8 Å². The van der Waals surface area contributed by atoms with Gasteiger partial charge in [-0.1, -0.05) is 0 Å². The van der Waals surface area contributed by atoms with E-state index in [4.69, 9.17) is 0 Å². The maximum absolute atomic E-state index is 12.6. The zero-order valence-electron chi connectivity index (χ0n) is 8.27. The molecule has 0 atom stereocenters. The molecular formula is C9H10FO4P. The number of hydrogen-bond acceptors (Lipinski definition) is 4. The predicted molar refractivity (Wildman–Crippen MR) is 52.4 cm³/mol. The fraction of sp³-hybridized carbons (Fsp3) is 0.222. The van der Waals surface area contributed by atoms with Crippen LogP contribution in [0.15, 0.2) is 24.3 Å². The SMILES string of the molecule is COP(=O)(OC)C(=O)c1ccc(F)cc1. The van der Waals surface area contributed by atoms with E-state index in [9.17, 15) is 13.8 Å². The molecule has 4 nitrogen and oxygen atoms in total. The Morgan fingerprint density at radius 3 is 2.07 bits per heavy atom. The van der Waals surface area contributed by atoms with Crippen molar-refractivity contribution in [3.05, 3.63) is 35.6 Å². The Labute approximate surface area is 86.5 Å². The van der Waals surface area contributed by atoms with E-state index in [0.29, 0.717) is 0 Å². The highest BCUT2D eigenvalue weighted by molar-refractivity contribution is 7.72. The van der Waals surface area contributed by atoms with E-state index in [0.717, 1.165) is 26.4 Å². The largest absolute Gasteiger partial charge is 0.401 e. The molecule has 0 aliphatic rings. The average molecular weight is 232 g/mol. The molecule has 0 aliphatic heterocycles. The molecule has 0 spiro atoms. The quantitative estimate of drug-likeness (QED) is 0.748. The Hall–Kier alpha value is -1.03. The first-order chi connectivity index (χ1) is 7.03. The van der Waals surface area contributed by atoms with Crippen molar-refractivity contribution in [2.75, 3.05) is 14.2 Å². The molecule has 0 saturated heterocycles. The summed E-state index contributed by atoms with van der Waals surface area (Å²) < 4.78 is 33.3. The number of carbonyl (C=O) groups excluding carboxylic acids is 1. The summed E-state index contributed by atoms with van der Waals surface area (Å²) in [4.78, 5) is 11.6. The maximum atomic E-state index is 12.6. The van der Waals surface area contributed by atoms with Gasteiger partial charge in [0.15, 0.2) is 0 Å². The molecule has 1 aromatic carbocycles. The molecule has 0 N–H and O–H groups in total. The second-order valence-corrected chi connectivity index (χ2v) is 4.81. The minimum Gasteiger partial charge on any atom is -0.306 e. The molecule has 1 rings (SSSR count). The Bertz CT molecular complexity index is 393. The van der Waals surface area contributed by atoms with Crippen LogP contribution < -0.4 is 0 Å². The Balaban J connectivity index is 3.04. The van der Waals surface area contributed by atoms with E-state index < -0.39 is 18.9 Å².